The fourth-order valence-electron chi connectivity index (χ4n) is 5.31. The summed E-state index contributed by atoms with van der Waals surface area (Å²) in [7, 11) is -2.85. The third kappa shape index (κ3) is 7.78. The van der Waals surface area contributed by atoms with Gasteiger partial charge in [-0.25, -0.2) is 13.9 Å². The maximum Gasteiger partial charge on any atom is 0.323 e. The number of esters is 1. The van der Waals surface area contributed by atoms with Crippen molar-refractivity contribution in [2.45, 2.75) is 59.0 Å². The smallest absolute Gasteiger partial charge is 0.323 e. The van der Waals surface area contributed by atoms with Crippen LogP contribution in [0.5, 0.6) is 11.5 Å². The highest BCUT2D eigenvalue weighted by atomic mass is 31.2. The van der Waals surface area contributed by atoms with Gasteiger partial charge in [0.25, 0.3) is 5.91 Å². The molecule has 0 fully saturated rings. The number of carbonyl (C=O) groups is 3. The van der Waals surface area contributed by atoms with Crippen molar-refractivity contribution in [3.05, 3.63) is 93.4 Å². The first kappa shape index (κ1) is 35.5. The van der Waals surface area contributed by atoms with Gasteiger partial charge in [0.2, 0.25) is 5.43 Å². The molecule has 1 aliphatic heterocycles. The summed E-state index contributed by atoms with van der Waals surface area (Å²) in [6.45, 7) is 5.61. The number of methoxy groups -OCH3 is 1. The predicted octanol–water partition coefficient (Wildman–Crippen LogP) is 4.18. The Morgan fingerprint density at radius 1 is 1.13 bits per heavy atom. The number of amides is 1. The first-order valence-electron chi connectivity index (χ1n) is 14.7. The number of hydrogen-bond donors (Lipinski definition) is 3. The minimum absolute atomic E-state index is 0.0463. The monoisotopic (exact) mass is 675 g/mol. The highest BCUT2D eigenvalue weighted by Crippen LogP contribution is 2.52. The van der Waals surface area contributed by atoms with E-state index in [-0.39, 0.29) is 17.9 Å². The van der Waals surface area contributed by atoms with Gasteiger partial charge in [-0.05, 0) is 45.9 Å². The number of aromatic nitrogens is 1. The van der Waals surface area contributed by atoms with E-state index in [2.05, 4.69) is 10.4 Å². The van der Waals surface area contributed by atoms with E-state index in [1.165, 1.54) is 25.5 Å². The third-order valence-corrected chi connectivity index (χ3v) is 10.0. The van der Waals surface area contributed by atoms with Crippen molar-refractivity contribution in [3.8, 4) is 11.5 Å². The van der Waals surface area contributed by atoms with E-state index < -0.39 is 95.6 Å². The Morgan fingerprint density at radius 2 is 1.81 bits per heavy atom. The summed E-state index contributed by atoms with van der Waals surface area (Å²) < 4.78 is 59.8. The fraction of sp³-hybridized carbons (Fsp3) is 0.375. The molecular formula is C32H36F2N3O9P. The van der Waals surface area contributed by atoms with Crippen LogP contribution in [0.15, 0.2) is 59.5 Å². The molecule has 3 unspecified atom stereocenters. The molecule has 2 heterocycles. The summed E-state index contributed by atoms with van der Waals surface area (Å²) in [5, 5.41) is 16.0. The van der Waals surface area contributed by atoms with Gasteiger partial charge in [0, 0.05) is 31.5 Å². The van der Waals surface area contributed by atoms with Crippen LogP contribution in [-0.2, 0) is 31.9 Å². The maximum atomic E-state index is 14.5. The Kier molecular flexibility index (Phi) is 10.7. The van der Waals surface area contributed by atoms with E-state index in [0.717, 1.165) is 18.3 Å². The van der Waals surface area contributed by atoms with Crippen molar-refractivity contribution in [3.63, 3.8) is 0 Å². The Morgan fingerprint density at radius 3 is 2.43 bits per heavy atom. The highest BCUT2D eigenvalue weighted by molar-refractivity contribution is 7.57. The van der Waals surface area contributed by atoms with Crippen LogP contribution in [0.2, 0.25) is 0 Å². The molecule has 3 N–H and O–H groups in total. The van der Waals surface area contributed by atoms with E-state index in [1.807, 2.05) is 0 Å². The number of nitrogens with zero attached hydrogens (tertiary/aromatic N) is 1. The Hall–Kier alpha value is -4.39. The minimum atomic E-state index is -4.17. The normalized spacial score (nSPS) is 19.4. The topological polar surface area (TPSA) is 162 Å². The number of ketones is 1. The van der Waals surface area contributed by atoms with Crippen molar-refractivity contribution >= 4 is 25.2 Å². The second-order valence-electron chi connectivity index (χ2n) is 11.7. The zero-order valence-corrected chi connectivity index (χ0v) is 27.3. The third-order valence-electron chi connectivity index (χ3n) is 7.68. The van der Waals surface area contributed by atoms with Crippen molar-refractivity contribution in [2.75, 3.05) is 13.3 Å². The van der Waals surface area contributed by atoms with Crippen LogP contribution < -0.4 is 20.4 Å². The van der Waals surface area contributed by atoms with Gasteiger partial charge in [-0.15, -0.1) is 0 Å². The molecule has 2 aromatic carbocycles. The molecule has 0 saturated heterocycles. The lowest BCUT2D eigenvalue weighted by atomic mass is 9.77. The maximum absolute atomic E-state index is 14.5. The molecule has 0 saturated carbocycles. The Balaban J connectivity index is 1.68. The summed E-state index contributed by atoms with van der Waals surface area (Å²) in [6, 6.07) is 9.76. The van der Waals surface area contributed by atoms with Crippen LogP contribution in [0.3, 0.4) is 0 Å². The van der Waals surface area contributed by atoms with E-state index in [1.54, 1.807) is 44.2 Å². The number of pyridine rings is 1. The first-order valence-corrected chi connectivity index (χ1v) is 16.5. The Bertz CT molecular complexity index is 1780. The van der Waals surface area contributed by atoms with Crippen molar-refractivity contribution < 1.29 is 46.8 Å². The lowest BCUT2D eigenvalue weighted by molar-refractivity contribution is -0.149. The molecular weight excluding hydrogens is 639 g/mol. The number of para-hydroxylation sites is 1. The summed E-state index contributed by atoms with van der Waals surface area (Å²) in [6.07, 6.45) is -0.948. The summed E-state index contributed by atoms with van der Waals surface area (Å²) in [4.78, 5) is 52.9. The molecule has 0 spiro atoms. The van der Waals surface area contributed by atoms with Crippen molar-refractivity contribution in [1.82, 2.24) is 15.0 Å². The predicted molar refractivity (Wildman–Crippen MR) is 166 cm³/mol. The van der Waals surface area contributed by atoms with Crippen LogP contribution in [0.4, 0.5) is 8.78 Å². The van der Waals surface area contributed by atoms with Crippen LogP contribution in [-0.4, -0.2) is 58.9 Å². The number of carbonyl (C=O) groups excluding carboxylic acids is 3. The van der Waals surface area contributed by atoms with Crippen LogP contribution in [0.25, 0.3) is 0 Å². The van der Waals surface area contributed by atoms with Crippen LogP contribution in [0.1, 0.15) is 54.1 Å². The number of nitrogens with one attached hydrogen (secondary N) is 2. The highest BCUT2D eigenvalue weighted by Gasteiger charge is 2.53. The van der Waals surface area contributed by atoms with Crippen LogP contribution >= 0.6 is 7.52 Å². The largest absolute Gasteiger partial charge is 0.503 e. The van der Waals surface area contributed by atoms with Crippen molar-refractivity contribution in [1.29, 1.82) is 0 Å². The van der Waals surface area contributed by atoms with Gasteiger partial charge < -0.3 is 29.0 Å². The van der Waals surface area contributed by atoms with Crippen LogP contribution in [0, 0.1) is 17.0 Å². The molecule has 1 aliphatic rings. The molecule has 0 aliphatic carbocycles. The Labute approximate surface area is 269 Å². The lowest BCUT2D eigenvalue weighted by Crippen LogP contribution is -2.53. The van der Waals surface area contributed by atoms with Gasteiger partial charge in [0.05, 0.1) is 30.3 Å². The van der Waals surface area contributed by atoms with Gasteiger partial charge >= 0.3 is 13.5 Å². The number of fused-ring (bicyclic) bond motifs is 1. The molecule has 15 heteroatoms. The van der Waals surface area contributed by atoms with Gasteiger partial charge in [-0.1, -0.05) is 24.3 Å². The molecule has 4 rings (SSSR count). The standard InChI is InChI=1S/C32H36F2N3O9P/c1-18(2)45-31(42)19(3)36-47(43,46-22-9-7-6-8-10-22)17-32(4)25(44-5)16-37-15-23(27(38)28(39)26(37)29(32)40)30(41)35-14-20-11-12-21(33)13-24(20)34/h6-13,15,18-19,25,39H,14,16-17H2,1-5H3,(H,35,41)(H,36,43)/t19-,25?,32?,47?/m1/s1. The second kappa shape index (κ2) is 14.2. The number of rotatable bonds is 12. The van der Waals surface area contributed by atoms with Gasteiger partial charge in [-0.3, -0.25) is 23.7 Å². The molecule has 0 radical (unpaired) electrons. The summed E-state index contributed by atoms with van der Waals surface area (Å²) in [5.74, 6) is -5.07. The van der Waals surface area contributed by atoms with Gasteiger partial charge in [-0.2, -0.15) is 0 Å². The van der Waals surface area contributed by atoms with E-state index >= 15 is 0 Å². The average Bonchev–Trinajstić information content (AvgIpc) is 2.99. The van der Waals surface area contributed by atoms with Gasteiger partial charge in [0.1, 0.15) is 34.7 Å². The molecule has 1 aromatic heterocycles. The number of benzene rings is 2. The molecule has 47 heavy (non-hydrogen) atoms. The molecule has 252 valence electrons. The molecule has 3 aromatic rings. The number of hydrogen-bond acceptors (Lipinski definition) is 9. The lowest BCUT2D eigenvalue weighted by Gasteiger charge is -2.42. The summed E-state index contributed by atoms with van der Waals surface area (Å²) in [5.41, 5.74) is -3.91. The van der Waals surface area contributed by atoms with Crippen molar-refractivity contribution in [2.24, 2.45) is 5.41 Å². The number of ether oxygens (including phenoxy) is 2. The van der Waals surface area contributed by atoms with E-state index in [9.17, 15) is 37.6 Å². The van der Waals surface area contributed by atoms with E-state index in [4.69, 9.17) is 14.0 Å². The number of Topliss-reactive ketones (excluding diaryl/α,β-unsaturated/α-hetero) is 1. The zero-order valence-electron chi connectivity index (χ0n) is 26.4. The minimum Gasteiger partial charge on any atom is -0.503 e. The quantitative estimate of drug-likeness (QED) is 0.188. The SMILES string of the molecule is COC1Cn2cc(C(=O)NCc3ccc(F)cc3F)c(=O)c(O)c2C(=O)C1(C)CP(=O)(N[C@H](C)C(=O)OC(C)C)Oc1ccccc1. The van der Waals surface area contributed by atoms with E-state index in [0.29, 0.717) is 6.07 Å². The average molecular weight is 676 g/mol. The second-order valence-corrected chi connectivity index (χ2v) is 13.8. The molecule has 12 nitrogen and oxygen atoms in total. The molecule has 1 amide bonds. The first-order chi connectivity index (χ1) is 22.1. The van der Waals surface area contributed by atoms with Gasteiger partial charge in [0.15, 0.2) is 11.5 Å². The number of aromatic hydroxyl groups is 1. The molecule has 0 bridgehead atoms. The summed E-state index contributed by atoms with van der Waals surface area (Å²) >= 11 is 0. The zero-order chi connectivity index (χ0) is 34.7. The number of halogens is 2. The molecule has 4 atom stereocenters. The fourth-order valence-corrected chi connectivity index (χ4v) is 7.88.